The average Bonchev–Trinajstić information content (AvgIpc) is 3.02. The Morgan fingerprint density at radius 1 is 1.53 bits per heavy atom. The number of nitrogens with zero attached hydrogens (tertiary/aromatic N) is 2. The van der Waals surface area contributed by atoms with Gasteiger partial charge in [0.25, 0.3) is 0 Å². The second-order valence-electron chi connectivity index (χ2n) is 4.04. The van der Waals surface area contributed by atoms with Crippen LogP contribution in [0.4, 0.5) is 0 Å². The van der Waals surface area contributed by atoms with E-state index in [0.717, 1.165) is 29.0 Å². The quantitative estimate of drug-likeness (QED) is 0.873. The van der Waals surface area contributed by atoms with Crippen molar-refractivity contribution in [3.63, 3.8) is 0 Å². The Morgan fingerprint density at radius 2 is 2.32 bits per heavy atom. The van der Waals surface area contributed by atoms with Crippen LogP contribution in [-0.2, 0) is 6.54 Å². The zero-order valence-electron chi connectivity index (χ0n) is 11.3. The number of aromatic nitrogens is 2. The Kier molecular flexibility index (Phi) is 5.01. The molecule has 6 heteroatoms. The highest BCUT2D eigenvalue weighted by Gasteiger charge is 2.24. The molecule has 0 aliphatic heterocycles. The van der Waals surface area contributed by atoms with Gasteiger partial charge in [0.15, 0.2) is 0 Å². The lowest BCUT2D eigenvalue weighted by Crippen LogP contribution is -2.24. The number of aryl methyl sites for hydroxylation is 1. The number of rotatable bonds is 6. The summed E-state index contributed by atoms with van der Waals surface area (Å²) in [7, 11) is 1.71. The lowest BCUT2D eigenvalue weighted by atomic mass is 10.1. The van der Waals surface area contributed by atoms with Crippen LogP contribution < -0.4 is 10.1 Å². The van der Waals surface area contributed by atoms with Crippen molar-refractivity contribution in [3.05, 3.63) is 32.7 Å². The van der Waals surface area contributed by atoms with Crippen LogP contribution in [0.2, 0.25) is 0 Å². The molecule has 1 N–H and O–H groups in total. The van der Waals surface area contributed by atoms with Crippen LogP contribution >= 0.6 is 27.3 Å². The predicted octanol–water partition coefficient (Wildman–Crippen LogP) is 3.43. The van der Waals surface area contributed by atoms with Gasteiger partial charge in [-0.1, -0.05) is 6.92 Å². The lowest BCUT2D eigenvalue weighted by molar-refractivity contribution is 0.406. The summed E-state index contributed by atoms with van der Waals surface area (Å²) in [6, 6.07) is 2.10. The van der Waals surface area contributed by atoms with E-state index in [9.17, 15) is 0 Å². The number of methoxy groups -OCH3 is 1. The number of halogens is 1. The third-order valence-corrected chi connectivity index (χ3v) is 4.53. The van der Waals surface area contributed by atoms with Gasteiger partial charge in [-0.05, 0) is 40.8 Å². The smallest absolute Gasteiger partial charge is 0.134 e. The third kappa shape index (κ3) is 2.85. The van der Waals surface area contributed by atoms with Gasteiger partial charge in [0.05, 0.1) is 34.4 Å². The molecule has 1 atom stereocenters. The van der Waals surface area contributed by atoms with Crippen LogP contribution in [0.25, 0.3) is 0 Å². The van der Waals surface area contributed by atoms with E-state index in [1.807, 2.05) is 16.9 Å². The van der Waals surface area contributed by atoms with Crippen molar-refractivity contribution >= 4 is 27.3 Å². The maximum Gasteiger partial charge on any atom is 0.134 e. The van der Waals surface area contributed by atoms with Crippen LogP contribution in [0.1, 0.15) is 30.5 Å². The minimum absolute atomic E-state index is 0.0942. The molecule has 0 fully saturated rings. The molecule has 4 nitrogen and oxygen atoms in total. The predicted molar refractivity (Wildman–Crippen MR) is 82.0 cm³/mol. The van der Waals surface area contributed by atoms with E-state index in [1.165, 1.54) is 4.88 Å². The molecule has 0 saturated heterocycles. The van der Waals surface area contributed by atoms with Gasteiger partial charge in [0.2, 0.25) is 0 Å². The van der Waals surface area contributed by atoms with E-state index < -0.39 is 0 Å². The fourth-order valence-electron chi connectivity index (χ4n) is 2.12. The number of thiophene rings is 1. The highest BCUT2D eigenvalue weighted by molar-refractivity contribution is 9.10. The summed E-state index contributed by atoms with van der Waals surface area (Å²) in [5.74, 6) is 0.923. The summed E-state index contributed by atoms with van der Waals surface area (Å²) in [6.07, 6.45) is 1.85. The molecular formula is C13H18BrN3OS. The monoisotopic (exact) mass is 343 g/mol. The van der Waals surface area contributed by atoms with E-state index in [0.29, 0.717) is 0 Å². The summed E-state index contributed by atoms with van der Waals surface area (Å²) >= 11 is 5.30. The van der Waals surface area contributed by atoms with Gasteiger partial charge in [-0.2, -0.15) is 5.10 Å². The van der Waals surface area contributed by atoms with Crippen molar-refractivity contribution in [1.82, 2.24) is 15.1 Å². The summed E-state index contributed by atoms with van der Waals surface area (Å²) < 4.78 is 8.48. The Hall–Kier alpha value is -0.850. The minimum Gasteiger partial charge on any atom is -0.496 e. The number of nitrogens with one attached hydrogen (secondary N) is 1. The summed E-state index contributed by atoms with van der Waals surface area (Å²) in [4.78, 5) is 1.18. The largest absolute Gasteiger partial charge is 0.496 e. The maximum atomic E-state index is 5.45. The Labute approximate surface area is 125 Å². The molecule has 0 bridgehead atoms. The third-order valence-electron chi connectivity index (χ3n) is 2.95. The van der Waals surface area contributed by atoms with E-state index >= 15 is 0 Å². The molecule has 0 aliphatic rings. The molecule has 0 radical (unpaired) electrons. The molecule has 19 heavy (non-hydrogen) atoms. The molecule has 104 valence electrons. The molecule has 1 unspecified atom stereocenters. The second kappa shape index (κ2) is 6.54. The van der Waals surface area contributed by atoms with Crippen molar-refractivity contribution in [2.75, 3.05) is 13.7 Å². The summed E-state index contributed by atoms with van der Waals surface area (Å²) in [6.45, 7) is 5.93. The van der Waals surface area contributed by atoms with Gasteiger partial charge in [-0.15, -0.1) is 11.3 Å². The number of ether oxygens (including phenoxy) is 1. The zero-order chi connectivity index (χ0) is 13.8. The molecule has 0 aromatic carbocycles. The standard InChI is InChI=1S/C13H18BrN3OS/c1-4-15-11(13-10(18-3)6-7-19-13)12-9(14)8-16-17(12)5-2/h6-8,11,15H,4-5H2,1-3H3. The van der Waals surface area contributed by atoms with Crippen molar-refractivity contribution in [3.8, 4) is 5.75 Å². The topological polar surface area (TPSA) is 39.1 Å². The van der Waals surface area contributed by atoms with Crippen LogP contribution in [-0.4, -0.2) is 23.4 Å². The van der Waals surface area contributed by atoms with Gasteiger partial charge in [0.1, 0.15) is 5.75 Å². The summed E-state index contributed by atoms with van der Waals surface area (Å²) in [5.41, 5.74) is 1.14. The van der Waals surface area contributed by atoms with Gasteiger partial charge in [-0.25, -0.2) is 0 Å². The minimum atomic E-state index is 0.0942. The molecule has 2 rings (SSSR count). The molecule has 2 aromatic heterocycles. The van der Waals surface area contributed by atoms with Crippen LogP contribution in [0, 0.1) is 0 Å². The van der Waals surface area contributed by atoms with E-state index in [4.69, 9.17) is 4.74 Å². The Morgan fingerprint density at radius 3 is 2.95 bits per heavy atom. The van der Waals surface area contributed by atoms with Gasteiger partial charge < -0.3 is 10.1 Å². The van der Waals surface area contributed by atoms with Crippen molar-refractivity contribution in [1.29, 1.82) is 0 Å². The highest BCUT2D eigenvalue weighted by Crippen LogP contribution is 2.37. The van der Waals surface area contributed by atoms with Gasteiger partial charge in [0, 0.05) is 6.54 Å². The SMILES string of the molecule is CCNC(c1sccc1OC)c1c(Br)cnn1CC. The van der Waals surface area contributed by atoms with Crippen molar-refractivity contribution in [2.45, 2.75) is 26.4 Å². The van der Waals surface area contributed by atoms with Gasteiger partial charge in [-0.3, -0.25) is 4.68 Å². The van der Waals surface area contributed by atoms with Crippen LogP contribution in [0.3, 0.4) is 0 Å². The first-order valence-electron chi connectivity index (χ1n) is 6.28. The first-order valence-corrected chi connectivity index (χ1v) is 7.96. The Bertz CT molecular complexity index is 538. The fraction of sp³-hybridized carbons (Fsp3) is 0.462. The maximum absolute atomic E-state index is 5.45. The molecule has 0 amide bonds. The number of hydrogen-bond acceptors (Lipinski definition) is 4. The second-order valence-corrected chi connectivity index (χ2v) is 5.84. The lowest BCUT2D eigenvalue weighted by Gasteiger charge is -2.19. The first kappa shape index (κ1) is 14.6. The normalized spacial score (nSPS) is 12.6. The van der Waals surface area contributed by atoms with Crippen LogP contribution in [0.5, 0.6) is 5.75 Å². The number of hydrogen-bond donors (Lipinski definition) is 1. The molecule has 2 heterocycles. The molecule has 2 aromatic rings. The van der Waals surface area contributed by atoms with E-state index in [2.05, 4.69) is 45.6 Å². The molecule has 0 spiro atoms. The molecular weight excluding hydrogens is 326 g/mol. The summed E-state index contributed by atoms with van der Waals surface area (Å²) in [5, 5.41) is 9.97. The van der Waals surface area contributed by atoms with Crippen molar-refractivity contribution < 1.29 is 4.74 Å². The first-order chi connectivity index (χ1) is 9.22. The fourth-order valence-corrected chi connectivity index (χ4v) is 3.58. The van der Waals surface area contributed by atoms with Crippen molar-refractivity contribution in [2.24, 2.45) is 0 Å². The molecule has 0 saturated carbocycles. The van der Waals surface area contributed by atoms with E-state index in [1.54, 1.807) is 18.4 Å². The average molecular weight is 344 g/mol. The Balaban J connectivity index is 2.48. The highest BCUT2D eigenvalue weighted by atomic mass is 79.9. The van der Waals surface area contributed by atoms with E-state index in [-0.39, 0.29) is 6.04 Å². The zero-order valence-corrected chi connectivity index (χ0v) is 13.7. The molecule has 0 aliphatic carbocycles. The van der Waals surface area contributed by atoms with Gasteiger partial charge >= 0.3 is 0 Å². The van der Waals surface area contributed by atoms with Crippen LogP contribution in [0.15, 0.2) is 22.1 Å².